The van der Waals surface area contributed by atoms with Crippen LogP contribution < -0.4 is 26.2 Å². The third-order valence-corrected chi connectivity index (χ3v) is 18.5. The van der Waals surface area contributed by atoms with Gasteiger partial charge in [-0.2, -0.15) is 0 Å². The van der Waals surface area contributed by atoms with Crippen molar-refractivity contribution in [3.8, 4) is 22.7 Å². The zero-order valence-electron chi connectivity index (χ0n) is 46.1. The quantitative estimate of drug-likeness (QED) is 0.155. The van der Waals surface area contributed by atoms with Gasteiger partial charge in [-0.3, -0.25) is 0 Å². The van der Waals surface area contributed by atoms with Crippen LogP contribution >= 0.6 is 0 Å². The van der Waals surface area contributed by atoms with E-state index in [9.17, 15) is 0 Å². The standard InChI is InChI=1S/C78H49BN6/c1-3-21-50(22-4-1)80-74-46-53(83-68-34-16-9-27-58(68)59-28-10-17-35-69(59)83)39-42-64(74)79-65-43-40-54(84-72-38-20-13-31-62(72)63-45-52(41-44-73(63)84)82-66-32-14-7-25-56(66)57-26-8-15-33-67(57)82)47-75(65)81(51-23-5-2-6-24-51)77-49-55(48-76(80)78(77)79)85-70-36-18-11-29-60(70)61-30-12-19-37-71(61)85/h1-49H. The molecule has 6 nitrogen and oxygen atoms in total. The predicted molar refractivity (Wildman–Crippen MR) is 358 cm³/mol. The molecule has 19 rings (SSSR count). The number of nitrogens with zero attached hydrogens (tertiary/aromatic N) is 6. The molecule has 0 bridgehead atoms. The lowest BCUT2D eigenvalue weighted by atomic mass is 9.33. The topological polar surface area (TPSA) is 26.2 Å². The van der Waals surface area contributed by atoms with Crippen molar-refractivity contribution < 1.29 is 0 Å². The summed E-state index contributed by atoms with van der Waals surface area (Å²) in [5.41, 5.74) is 24.4. The van der Waals surface area contributed by atoms with E-state index in [0.717, 1.165) is 67.9 Å². The summed E-state index contributed by atoms with van der Waals surface area (Å²) in [7, 11) is 0. The van der Waals surface area contributed by atoms with Gasteiger partial charge < -0.3 is 28.1 Å². The summed E-state index contributed by atoms with van der Waals surface area (Å²) in [6.07, 6.45) is 0. The Kier molecular flexibility index (Phi) is 9.61. The number of aromatic nitrogens is 4. The smallest absolute Gasteiger partial charge is 0.252 e. The van der Waals surface area contributed by atoms with Crippen LogP contribution in [0.2, 0.25) is 0 Å². The Hall–Kier alpha value is -11.3. The number of anilines is 6. The summed E-state index contributed by atoms with van der Waals surface area (Å²) in [5, 5.41) is 9.87. The third-order valence-electron chi connectivity index (χ3n) is 18.5. The van der Waals surface area contributed by atoms with E-state index in [1.165, 1.54) is 92.6 Å². The summed E-state index contributed by atoms with van der Waals surface area (Å²) >= 11 is 0. The Labute approximate surface area is 489 Å². The largest absolute Gasteiger partial charge is 0.311 e. The molecular weight excluding hydrogens is 1030 g/mol. The minimum Gasteiger partial charge on any atom is -0.311 e. The molecule has 4 aromatic heterocycles. The first-order valence-electron chi connectivity index (χ1n) is 29.4. The molecule has 0 unspecified atom stereocenters. The van der Waals surface area contributed by atoms with Crippen LogP contribution in [0.1, 0.15) is 0 Å². The van der Waals surface area contributed by atoms with Gasteiger partial charge >= 0.3 is 0 Å². The van der Waals surface area contributed by atoms with Crippen LogP contribution in [0, 0.1) is 0 Å². The number of para-hydroxylation sites is 9. The van der Waals surface area contributed by atoms with E-state index >= 15 is 0 Å². The van der Waals surface area contributed by atoms with E-state index in [4.69, 9.17) is 0 Å². The molecule has 85 heavy (non-hydrogen) atoms. The normalized spacial score (nSPS) is 12.9. The van der Waals surface area contributed by atoms with Crippen LogP contribution in [-0.4, -0.2) is 25.0 Å². The van der Waals surface area contributed by atoms with E-state index in [-0.39, 0.29) is 6.71 Å². The highest BCUT2D eigenvalue weighted by molar-refractivity contribution is 7.00. The zero-order valence-corrected chi connectivity index (χ0v) is 46.1. The highest BCUT2D eigenvalue weighted by Crippen LogP contribution is 2.48. The van der Waals surface area contributed by atoms with E-state index in [1.54, 1.807) is 0 Å². The van der Waals surface area contributed by atoms with Crippen LogP contribution in [-0.2, 0) is 0 Å². The Morgan fingerprint density at radius 1 is 0.188 bits per heavy atom. The minimum absolute atomic E-state index is 0.129. The molecule has 0 radical (unpaired) electrons. The summed E-state index contributed by atoms with van der Waals surface area (Å²) in [5.74, 6) is 0. The average Bonchev–Trinajstić information content (AvgIpc) is 1.36. The predicted octanol–water partition coefficient (Wildman–Crippen LogP) is 18.2. The van der Waals surface area contributed by atoms with Crippen LogP contribution in [0.3, 0.4) is 0 Å². The first kappa shape index (κ1) is 46.3. The molecule has 0 saturated heterocycles. The monoisotopic (exact) mass is 1080 g/mol. The van der Waals surface area contributed by atoms with Crippen molar-refractivity contribution in [3.63, 3.8) is 0 Å². The van der Waals surface area contributed by atoms with Gasteiger partial charge in [0.1, 0.15) is 0 Å². The molecule has 0 saturated carbocycles. The van der Waals surface area contributed by atoms with E-state index in [2.05, 4.69) is 325 Å². The number of hydrogen-bond donors (Lipinski definition) is 0. The molecule has 7 heteroatoms. The van der Waals surface area contributed by atoms with Crippen molar-refractivity contribution in [3.05, 3.63) is 297 Å². The maximum atomic E-state index is 2.56. The van der Waals surface area contributed by atoms with Gasteiger partial charge in [0.15, 0.2) is 0 Å². The van der Waals surface area contributed by atoms with Gasteiger partial charge in [-0.15, -0.1) is 0 Å². The fourth-order valence-corrected chi connectivity index (χ4v) is 15.1. The van der Waals surface area contributed by atoms with Gasteiger partial charge in [-0.25, -0.2) is 0 Å². The van der Waals surface area contributed by atoms with Crippen molar-refractivity contribution in [2.75, 3.05) is 9.80 Å². The molecule has 17 aromatic rings. The van der Waals surface area contributed by atoms with Gasteiger partial charge in [0.2, 0.25) is 0 Å². The lowest BCUT2D eigenvalue weighted by molar-refractivity contribution is 1.15. The van der Waals surface area contributed by atoms with Gasteiger partial charge in [-0.1, -0.05) is 176 Å². The van der Waals surface area contributed by atoms with Crippen LogP contribution in [0.5, 0.6) is 0 Å². The highest BCUT2D eigenvalue weighted by Gasteiger charge is 2.44. The van der Waals surface area contributed by atoms with Crippen molar-refractivity contribution >= 4 is 144 Å². The lowest BCUT2D eigenvalue weighted by Crippen LogP contribution is -2.61. The molecule has 0 amide bonds. The van der Waals surface area contributed by atoms with Gasteiger partial charge in [-0.05, 0) is 138 Å². The molecule has 2 aliphatic rings. The SMILES string of the molecule is c1ccc(N2c3cc(-n4c5ccccc5c5ccccc54)ccc3B3c4ccc(-n5c6ccccc6c6cc(-n7c8ccccc8c8ccccc87)ccc65)cc4N(c4ccccc4)c4cc(-n5c6ccccc6c6ccccc65)cc2c43)cc1. The second kappa shape index (κ2) is 17.6. The molecule has 0 N–H and O–H groups in total. The van der Waals surface area contributed by atoms with Crippen LogP contribution in [0.15, 0.2) is 297 Å². The Morgan fingerprint density at radius 2 is 0.459 bits per heavy atom. The van der Waals surface area contributed by atoms with E-state index in [1.807, 2.05) is 0 Å². The Bertz CT molecular complexity index is 5490. The molecule has 0 aliphatic carbocycles. The summed E-state index contributed by atoms with van der Waals surface area (Å²) < 4.78 is 9.87. The fraction of sp³-hybridized carbons (Fsp3) is 0. The first-order chi connectivity index (χ1) is 42.2. The average molecular weight is 1080 g/mol. The number of benzene rings is 13. The molecule has 13 aromatic carbocycles. The number of rotatable bonds is 6. The molecule has 6 heterocycles. The molecule has 0 fully saturated rings. The minimum atomic E-state index is -0.129. The van der Waals surface area contributed by atoms with Crippen LogP contribution in [0.25, 0.3) is 110 Å². The molecule has 0 atom stereocenters. The Balaban J connectivity index is 0.898. The van der Waals surface area contributed by atoms with Crippen molar-refractivity contribution in [1.82, 2.24) is 18.3 Å². The second-order valence-electron chi connectivity index (χ2n) is 22.8. The first-order valence-corrected chi connectivity index (χ1v) is 29.4. The molecule has 0 spiro atoms. The van der Waals surface area contributed by atoms with Crippen molar-refractivity contribution in [2.45, 2.75) is 0 Å². The second-order valence-corrected chi connectivity index (χ2v) is 22.8. The molecule has 2 aliphatic heterocycles. The zero-order chi connectivity index (χ0) is 55.4. The van der Waals surface area contributed by atoms with Crippen molar-refractivity contribution in [2.24, 2.45) is 0 Å². The summed E-state index contributed by atoms with van der Waals surface area (Å²) in [6, 6.07) is 111. The maximum absolute atomic E-state index is 2.56. The van der Waals surface area contributed by atoms with Gasteiger partial charge in [0.25, 0.3) is 6.71 Å². The van der Waals surface area contributed by atoms with Gasteiger partial charge in [0.05, 0.1) is 49.8 Å². The maximum Gasteiger partial charge on any atom is 0.252 e. The summed E-state index contributed by atoms with van der Waals surface area (Å²) in [4.78, 5) is 5.11. The summed E-state index contributed by atoms with van der Waals surface area (Å²) in [6.45, 7) is -0.129. The van der Waals surface area contributed by atoms with E-state index in [0.29, 0.717) is 0 Å². The van der Waals surface area contributed by atoms with E-state index < -0.39 is 0 Å². The van der Waals surface area contributed by atoms with Gasteiger partial charge in [0, 0.05) is 94.3 Å². The number of fused-ring (bicyclic) bond motifs is 16. The highest BCUT2D eigenvalue weighted by atomic mass is 15.2. The third kappa shape index (κ3) is 6.49. The fourth-order valence-electron chi connectivity index (χ4n) is 15.1. The molecular formula is C78H49BN6. The lowest BCUT2D eigenvalue weighted by Gasteiger charge is -2.44. The number of hydrogen-bond acceptors (Lipinski definition) is 2. The Morgan fingerprint density at radius 3 is 0.824 bits per heavy atom. The van der Waals surface area contributed by atoms with Crippen LogP contribution in [0.4, 0.5) is 34.1 Å². The van der Waals surface area contributed by atoms with Crippen molar-refractivity contribution in [1.29, 1.82) is 0 Å². The molecule has 394 valence electrons.